The van der Waals surface area contributed by atoms with E-state index in [-0.39, 0.29) is 24.3 Å². The van der Waals surface area contributed by atoms with E-state index in [1.165, 1.54) is 13.2 Å². The van der Waals surface area contributed by atoms with Crippen molar-refractivity contribution in [2.75, 3.05) is 27.9 Å². The van der Waals surface area contributed by atoms with E-state index in [2.05, 4.69) is 9.88 Å². The SMILES string of the molecule is COC(=O)C[C@H](c1oc(CN2CCc3cc(OC)c(OC)cc3C2)cc(=O)c1O)c1cc2ccccc2[nH]c1=O. The van der Waals surface area contributed by atoms with Gasteiger partial charge in [-0.2, -0.15) is 0 Å². The molecule has 0 saturated carbocycles. The molecule has 0 amide bonds. The van der Waals surface area contributed by atoms with Gasteiger partial charge < -0.3 is 28.7 Å². The first kappa shape index (κ1) is 27.0. The number of rotatable bonds is 8. The molecule has 0 saturated heterocycles. The number of H-pyrrole nitrogens is 1. The second-order valence-corrected chi connectivity index (χ2v) is 9.70. The molecule has 2 N–H and O–H groups in total. The molecule has 0 unspecified atom stereocenters. The van der Waals surface area contributed by atoms with Crippen molar-refractivity contribution in [1.82, 2.24) is 9.88 Å². The van der Waals surface area contributed by atoms with Gasteiger partial charge in [0, 0.05) is 30.2 Å². The Hall–Kier alpha value is -4.57. The molecule has 2 aromatic heterocycles. The molecule has 3 heterocycles. The fraction of sp³-hybridized carbons (Fsp3) is 0.300. The predicted octanol–water partition coefficient (Wildman–Crippen LogP) is 3.46. The third kappa shape index (κ3) is 5.30. The van der Waals surface area contributed by atoms with Gasteiger partial charge in [-0.25, -0.2) is 0 Å². The zero-order chi connectivity index (χ0) is 28.4. The van der Waals surface area contributed by atoms with Crippen molar-refractivity contribution in [1.29, 1.82) is 0 Å². The number of methoxy groups -OCH3 is 3. The van der Waals surface area contributed by atoms with Gasteiger partial charge in [-0.3, -0.25) is 19.3 Å². The lowest BCUT2D eigenvalue weighted by molar-refractivity contribution is -0.140. The highest BCUT2D eigenvalue weighted by molar-refractivity contribution is 5.79. The Balaban J connectivity index is 1.51. The average molecular weight is 547 g/mol. The van der Waals surface area contributed by atoms with Gasteiger partial charge in [0.2, 0.25) is 11.2 Å². The number of nitrogens with one attached hydrogen (secondary N) is 1. The summed E-state index contributed by atoms with van der Waals surface area (Å²) in [7, 11) is 4.42. The third-order valence-electron chi connectivity index (χ3n) is 7.25. The van der Waals surface area contributed by atoms with Crippen molar-refractivity contribution >= 4 is 16.9 Å². The Morgan fingerprint density at radius 2 is 1.77 bits per heavy atom. The third-order valence-corrected chi connectivity index (χ3v) is 7.25. The number of hydrogen-bond donors (Lipinski definition) is 2. The van der Waals surface area contributed by atoms with Crippen LogP contribution in [0.25, 0.3) is 10.9 Å². The van der Waals surface area contributed by atoms with E-state index in [1.54, 1.807) is 32.4 Å². The van der Waals surface area contributed by atoms with Gasteiger partial charge in [-0.15, -0.1) is 0 Å². The molecule has 1 aliphatic rings. The van der Waals surface area contributed by atoms with Crippen LogP contribution in [0.1, 0.15) is 40.5 Å². The number of hydrogen-bond acceptors (Lipinski definition) is 9. The Kier molecular flexibility index (Phi) is 7.61. The zero-order valence-electron chi connectivity index (χ0n) is 22.5. The van der Waals surface area contributed by atoms with Gasteiger partial charge >= 0.3 is 5.97 Å². The molecular formula is C30H30N2O8. The maximum Gasteiger partial charge on any atom is 0.306 e. The Morgan fingerprint density at radius 3 is 2.50 bits per heavy atom. The van der Waals surface area contributed by atoms with Crippen LogP contribution in [0, 0.1) is 0 Å². The highest BCUT2D eigenvalue weighted by atomic mass is 16.5. The fourth-order valence-electron chi connectivity index (χ4n) is 5.18. The second-order valence-electron chi connectivity index (χ2n) is 9.70. The number of esters is 1. The minimum absolute atomic E-state index is 0.155. The van der Waals surface area contributed by atoms with Crippen molar-refractivity contribution in [2.45, 2.75) is 31.8 Å². The van der Waals surface area contributed by atoms with Crippen LogP contribution in [0.4, 0.5) is 0 Å². The monoisotopic (exact) mass is 546 g/mol. The minimum Gasteiger partial charge on any atom is -0.502 e. The van der Waals surface area contributed by atoms with Crippen LogP contribution in [0.2, 0.25) is 0 Å². The summed E-state index contributed by atoms with van der Waals surface area (Å²) in [6, 6.07) is 14.0. The number of aromatic amines is 1. The predicted molar refractivity (Wildman–Crippen MR) is 147 cm³/mol. The van der Waals surface area contributed by atoms with Crippen LogP contribution in [0.5, 0.6) is 17.2 Å². The van der Waals surface area contributed by atoms with Crippen molar-refractivity contribution in [3.05, 3.63) is 97.3 Å². The number of fused-ring (bicyclic) bond motifs is 2. The van der Waals surface area contributed by atoms with E-state index in [9.17, 15) is 19.5 Å². The van der Waals surface area contributed by atoms with Gasteiger partial charge in [0.25, 0.3) is 5.56 Å². The molecule has 0 aliphatic carbocycles. The zero-order valence-corrected chi connectivity index (χ0v) is 22.5. The number of aromatic nitrogens is 1. The van der Waals surface area contributed by atoms with Crippen molar-refractivity contribution in [2.24, 2.45) is 0 Å². The first-order valence-corrected chi connectivity index (χ1v) is 12.8. The first-order valence-electron chi connectivity index (χ1n) is 12.8. The van der Waals surface area contributed by atoms with Crippen LogP contribution >= 0.6 is 0 Å². The number of ether oxygens (including phenoxy) is 3. The quantitative estimate of drug-likeness (QED) is 0.319. The molecule has 208 valence electrons. The number of aromatic hydroxyl groups is 1. The van der Waals surface area contributed by atoms with Crippen molar-refractivity contribution in [3.8, 4) is 17.2 Å². The number of nitrogens with zero attached hydrogens (tertiary/aromatic N) is 1. The van der Waals surface area contributed by atoms with E-state index in [1.807, 2.05) is 24.3 Å². The number of pyridine rings is 1. The molecule has 40 heavy (non-hydrogen) atoms. The maximum absolute atomic E-state index is 13.1. The Morgan fingerprint density at radius 1 is 1.05 bits per heavy atom. The van der Waals surface area contributed by atoms with Crippen LogP contribution in [-0.4, -0.2) is 48.8 Å². The van der Waals surface area contributed by atoms with E-state index in [0.29, 0.717) is 35.9 Å². The van der Waals surface area contributed by atoms with Crippen molar-refractivity contribution < 1.29 is 28.5 Å². The van der Waals surface area contributed by atoms with Crippen LogP contribution in [0.15, 0.2) is 62.5 Å². The molecule has 2 aromatic carbocycles. The summed E-state index contributed by atoms with van der Waals surface area (Å²) in [5, 5.41) is 11.5. The summed E-state index contributed by atoms with van der Waals surface area (Å²) in [6.07, 6.45) is 0.443. The van der Waals surface area contributed by atoms with Gasteiger partial charge in [-0.05, 0) is 47.2 Å². The molecule has 4 aromatic rings. The van der Waals surface area contributed by atoms with Crippen molar-refractivity contribution in [3.63, 3.8) is 0 Å². The van der Waals surface area contributed by atoms with E-state index >= 15 is 0 Å². The van der Waals surface area contributed by atoms with Crippen LogP contribution in [-0.2, 0) is 29.0 Å². The molecule has 1 atom stereocenters. The van der Waals surface area contributed by atoms with Gasteiger partial charge in [0.05, 0.1) is 40.2 Å². The number of carbonyl (C=O) groups excluding carboxylic acids is 1. The molecule has 1 aliphatic heterocycles. The molecule has 5 rings (SSSR count). The van der Waals surface area contributed by atoms with Gasteiger partial charge in [-0.1, -0.05) is 18.2 Å². The lowest BCUT2D eigenvalue weighted by atomic mass is 9.92. The molecule has 0 fully saturated rings. The topological polar surface area (TPSA) is 131 Å². The van der Waals surface area contributed by atoms with E-state index in [4.69, 9.17) is 18.6 Å². The lowest BCUT2D eigenvalue weighted by Crippen LogP contribution is -2.30. The van der Waals surface area contributed by atoms with Gasteiger partial charge in [0.1, 0.15) is 5.76 Å². The smallest absolute Gasteiger partial charge is 0.306 e. The summed E-state index contributed by atoms with van der Waals surface area (Å²) < 4.78 is 21.8. The van der Waals surface area contributed by atoms with Crippen LogP contribution in [0.3, 0.4) is 0 Å². The summed E-state index contributed by atoms with van der Waals surface area (Å²) in [6.45, 7) is 1.54. The maximum atomic E-state index is 13.1. The summed E-state index contributed by atoms with van der Waals surface area (Å²) in [4.78, 5) is 43.3. The summed E-state index contributed by atoms with van der Waals surface area (Å²) in [5.74, 6) is -0.872. The molecule has 10 nitrogen and oxygen atoms in total. The standard InChI is InChI=1S/C30H30N2O8/c1-37-25-11-17-8-9-32(15-19(17)12-26(25)38-2)16-20-13-24(33)28(35)29(40-20)21(14-27(34)39-3)22-10-18-6-4-5-7-23(18)31-30(22)36/h4-7,10-13,21,35H,8-9,14-16H2,1-3H3,(H,31,36)/t21-/m0/s1. The Bertz CT molecular complexity index is 1690. The normalized spacial score (nSPS) is 14.0. The number of benzene rings is 2. The van der Waals surface area contributed by atoms with E-state index in [0.717, 1.165) is 22.9 Å². The fourth-order valence-corrected chi connectivity index (χ4v) is 5.18. The Labute approximate surface area is 229 Å². The number of carbonyl (C=O) groups is 1. The largest absolute Gasteiger partial charge is 0.502 e. The molecule has 0 bridgehead atoms. The molecule has 10 heteroatoms. The minimum atomic E-state index is -1.05. The lowest BCUT2D eigenvalue weighted by Gasteiger charge is -2.29. The molecular weight excluding hydrogens is 516 g/mol. The molecule has 0 spiro atoms. The van der Waals surface area contributed by atoms with Gasteiger partial charge in [0.15, 0.2) is 17.3 Å². The molecule has 0 radical (unpaired) electrons. The van der Waals surface area contributed by atoms with Crippen LogP contribution < -0.4 is 20.5 Å². The first-order chi connectivity index (χ1) is 19.3. The van der Waals surface area contributed by atoms with E-state index < -0.39 is 28.6 Å². The summed E-state index contributed by atoms with van der Waals surface area (Å²) >= 11 is 0. The number of para-hydroxylation sites is 1. The highest BCUT2D eigenvalue weighted by Crippen LogP contribution is 2.35. The second kappa shape index (κ2) is 11.3. The summed E-state index contributed by atoms with van der Waals surface area (Å²) in [5.41, 5.74) is 1.89. The average Bonchev–Trinajstić information content (AvgIpc) is 2.96. The highest BCUT2D eigenvalue weighted by Gasteiger charge is 2.29.